The summed E-state index contributed by atoms with van der Waals surface area (Å²) in [5, 5.41) is 5.99. The second-order valence-electron chi connectivity index (χ2n) is 7.79. The molecular formula is C22H28N4O3S. The number of hydrogen-bond acceptors (Lipinski definition) is 5. The van der Waals surface area contributed by atoms with Gasteiger partial charge in [-0.25, -0.2) is 0 Å². The molecule has 0 aliphatic carbocycles. The van der Waals surface area contributed by atoms with E-state index >= 15 is 0 Å². The van der Waals surface area contributed by atoms with E-state index in [1.165, 1.54) is 6.07 Å². The number of nitrogens with zero attached hydrogens (tertiary/aromatic N) is 2. The molecule has 160 valence electrons. The number of fused-ring (bicyclic) bond motifs is 1. The zero-order valence-corrected chi connectivity index (χ0v) is 18.5. The summed E-state index contributed by atoms with van der Waals surface area (Å²) in [5.74, 6) is 0.144. The predicted octanol–water partition coefficient (Wildman–Crippen LogP) is 3.10. The zero-order chi connectivity index (χ0) is 21.9. The Bertz CT molecular complexity index is 1040. The Morgan fingerprint density at radius 2 is 1.63 bits per heavy atom. The maximum atomic E-state index is 12.4. The van der Waals surface area contributed by atoms with Crippen molar-refractivity contribution in [2.24, 2.45) is 4.40 Å². The molecule has 0 spiro atoms. The zero-order valence-electron chi connectivity index (χ0n) is 17.7. The third-order valence-corrected chi connectivity index (χ3v) is 6.36. The van der Waals surface area contributed by atoms with E-state index in [2.05, 4.69) is 47.6 Å². The maximum absolute atomic E-state index is 12.4. The van der Waals surface area contributed by atoms with E-state index < -0.39 is 10.0 Å². The van der Waals surface area contributed by atoms with Gasteiger partial charge in [-0.05, 0) is 64.1 Å². The number of carbonyl (C=O) groups excluding carboxylic acids is 1. The van der Waals surface area contributed by atoms with Crippen LogP contribution in [-0.4, -0.2) is 50.2 Å². The summed E-state index contributed by atoms with van der Waals surface area (Å²) in [7, 11) is -3.67. The van der Waals surface area contributed by atoms with Gasteiger partial charge in [-0.15, -0.1) is 4.40 Å². The SMILES string of the molecule is CC(C)N(CCNC(=O)c1ccc(NC2=NS(=O)(=O)c3ccccc32)cc1)C(C)C. The summed E-state index contributed by atoms with van der Waals surface area (Å²) in [4.78, 5) is 14.9. The number of carbonyl (C=O) groups is 1. The number of anilines is 1. The van der Waals surface area contributed by atoms with Gasteiger partial charge in [0, 0.05) is 42.0 Å². The average Bonchev–Trinajstić information content (AvgIpc) is 2.95. The second kappa shape index (κ2) is 8.97. The molecule has 0 radical (unpaired) electrons. The molecule has 8 heteroatoms. The van der Waals surface area contributed by atoms with Gasteiger partial charge in [-0.3, -0.25) is 9.69 Å². The van der Waals surface area contributed by atoms with E-state index in [-0.39, 0.29) is 16.6 Å². The number of sulfonamides is 1. The van der Waals surface area contributed by atoms with E-state index in [0.29, 0.717) is 35.4 Å². The van der Waals surface area contributed by atoms with E-state index in [0.717, 1.165) is 6.54 Å². The van der Waals surface area contributed by atoms with Gasteiger partial charge in [0.05, 0.1) is 0 Å². The van der Waals surface area contributed by atoms with Crippen LogP contribution >= 0.6 is 0 Å². The molecule has 2 aromatic rings. The second-order valence-corrected chi connectivity index (χ2v) is 9.37. The smallest absolute Gasteiger partial charge is 0.285 e. The maximum Gasteiger partial charge on any atom is 0.285 e. The molecular weight excluding hydrogens is 400 g/mol. The minimum atomic E-state index is -3.67. The van der Waals surface area contributed by atoms with Crippen molar-refractivity contribution >= 4 is 27.5 Å². The molecule has 0 saturated heterocycles. The molecule has 7 nitrogen and oxygen atoms in total. The fourth-order valence-electron chi connectivity index (χ4n) is 3.55. The van der Waals surface area contributed by atoms with Crippen LogP contribution in [0.5, 0.6) is 0 Å². The normalized spacial score (nSPS) is 14.7. The van der Waals surface area contributed by atoms with Crippen molar-refractivity contribution in [2.45, 2.75) is 44.7 Å². The highest BCUT2D eigenvalue weighted by Crippen LogP contribution is 2.26. The van der Waals surface area contributed by atoms with Crippen molar-refractivity contribution in [1.29, 1.82) is 0 Å². The lowest BCUT2D eigenvalue weighted by Gasteiger charge is -2.30. The van der Waals surface area contributed by atoms with Crippen molar-refractivity contribution < 1.29 is 13.2 Å². The molecule has 0 aromatic heterocycles. The summed E-state index contributed by atoms with van der Waals surface area (Å²) in [5.41, 5.74) is 1.74. The van der Waals surface area contributed by atoms with Gasteiger partial charge in [0.15, 0.2) is 5.84 Å². The molecule has 30 heavy (non-hydrogen) atoms. The minimum absolute atomic E-state index is 0.139. The van der Waals surface area contributed by atoms with Gasteiger partial charge < -0.3 is 10.6 Å². The van der Waals surface area contributed by atoms with Gasteiger partial charge in [0.1, 0.15) is 4.90 Å². The number of amidine groups is 1. The first-order valence-electron chi connectivity index (χ1n) is 10.0. The Labute approximate surface area is 178 Å². The molecule has 0 saturated carbocycles. The molecule has 1 heterocycles. The predicted molar refractivity (Wildman–Crippen MR) is 120 cm³/mol. The number of benzene rings is 2. The first-order chi connectivity index (χ1) is 14.2. The van der Waals surface area contributed by atoms with Crippen molar-refractivity contribution in [3.63, 3.8) is 0 Å². The van der Waals surface area contributed by atoms with Crippen LogP contribution in [-0.2, 0) is 10.0 Å². The number of rotatable bonds is 7. The van der Waals surface area contributed by atoms with Crippen LogP contribution in [0.1, 0.15) is 43.6 Å². The lowest BCUT2D eigenvalue weighted by atomic mass is 10.1. The molecule has 0 unspecified atom stereocenters. The monoisotopic (exact) mass is 428 g/mol. The van der Waals surface area contributed by atoms with Crippen LogP contribution in [0.3, 0.4) is 0 Å². The number of hydrogen-bond donors (Lipinski definition) is 2. The Kier molecular flexibility index (Phi) is 6.58. The van der Waals surface area contributed by atoms with Gasteiger partial charge in [0.2, 0.25) is 0 Å². The third-order valence-electron chi connectivity index (χ3n) is 5.02. The van der Waals surface area contributed by atoms with Gasteiger partial charge >= 0.3 is 0 Å². The summed E-state index contributed by atoms with van der Waals surface area (Å²) >= 11 is 0. The fourth-order valence-corrected chi connectivity index (χ4v) is 4.73. The lowest BCUT2D eigenvalue weighted by Crippen LogP contribution is -2.42. The number of amides is 1. The Morgan fingerprint density at radius 3 is 2.27 bits per heavy atom. The highest BCUT2D eigenvalue weighted by molar-refractivity contribution is 7.90. The van der Waals surface area contributed by atoms with E-state index in [1.54, 1.807) is 42.5 Å². The van der Waals surface area contributed by atoms with Crippen molar-refractivity contribution in [3.8, 4) is 0 Å². The quantitative estimate of drug-likeness (QED) is 0.707. The van der Waals surface area contributed by atoms with Gasteiger partial charge in [-0.1, -0.05) is 12.1 Å². The van der Waals surface area contributed by atoms with Crippen LogP contribution in [0.25, 0.3) is 0 Å². The molecule has 1 amide bonds. The van der Waals surface area contributed by atoms with Crippen LogP contribution in [0, 0.1) is 0 Å². The topological polar surface area (TPSA) is 90.9 Å². The molecule has 3 rings (SSSR count). The highest BCUT2D eigenvalue weighted by atomic mass is 32.2. The molecule has 1 aliphatic heterocycles. The van der Waals surface area contributed by atoms with Gasteiger partial charge in [0.25, 0.3) is 15.9 Å². The minimum Gasteiger partial charge on any atom is -0.351 e. The third kappa shape index (κ3) is 4.88. The summed E-state index contributed by atoms with van der Waals surface area (Å²) < 4.78 is 28.1. The van der Waals surface area contributed by atoms with Crippen molar-refractivity contribution in [2.75, 3.05) is 18.4 Å². The van der Waals surface area contributed by atoms with Crippen LogP contribution in [0.2, 0.25) is 0 Å². The van der Waals surface area contributed by atoms with Crippen LogP contribution < -0.4 is 10.6 Å². The van der Waals surface area contributed by atoms with Crippen LogP contribution in [0.4, 0.5) is 5.69 Å². The fraction of sp³-hybridized carbons (Fsp3) is 0.364. The van der Waals surface area contributed by atoms with E-state index in [4.69, 9.17) is 0 Å². The molecule has 0 atom stereocenters. The first-order valence-corrected chi connectivity index (χ1v) is 11.5. The average molecular weight is 429 g/mol. The molecule has 2 aromatic carbocycles. The summed E-state index contributed by atoms with van der Waals surface area (Å²) in [6.07, 6.45) is 0. The van der Waals surface area contributed by atoms with Crippen molar-refractivity contribution in [1.82, 2.24) is 10.2 Å². The molecule has 0 bridgehead atoms. The summed E-state index contributed by atoms with van der Waals surface area (Å²) in [6.45, 7) is 9.93. The van der Waals surface area contributed by atoms with E-state index in [9.17, 15) is 13.2 Å². The number of nitrogens with one attached hydrogen (secondary N) is 2. The molecule has 1 aliphatic rings. The Hall–Kier alpha value is -2.71. The largest absolute Gasteiger partial charge is 0.351 e. The van der Waals surface area contributed by atoms with Crippen molar-refractivity contribution in [3.05, 3.63) is 59.7 Å². The van der Waals surface area contributed by atoms with E-state index in [1.807, 2.05) is 0 Å². The van der Waals surface area contributed by atoms with Crippen LogP contribution in [0.15, 0.2) is 57.8 Å². The lowest BCUT2D eigenvalue weighted by molar-refractivity contribution is 0.0939. The first kappa shape index (κ1) is 22.0. The highest BCUT2D eigenvalue weighted by Gasteiger charge is 2.28. The Balaban J connectivity index is 1.61. The van der Waals surface area contributed by atoms with Gasteiger partial charge in [-0.2, -0.15) is 8.42 Å². The molecule has 0 fully saturated rings. The summed E-state index contributed by atoms with van der Waals surface area (Å²) in [6, 6.07) is 14.4. The Morgan fingerprint density at radius 1 is 1.00 bits per heavy atom. The molecule has 2 N–H and O–H groups in total. The standard InChI is InChI=1S/C22H28N4O3S/c1-15(2)26(16(3)4)14-13-23-22(27)17-9-11-18(12-10-17)24-21-19-7-5-6-8-20(19)30(28,29)25-21/h5-12,15-16H,13-14H2,1-4H3,(H,23,27)(H,24,25).